The van der Waals surface area contributed by atoms with Crippen molar-refractivity contribution in [1.82, 2.24) is 0 Å². The van der Waals surface area contributed by atoms with Crippen molar-refractivity contribution < 1.29 is 0 Å². The van der Waals surface area contributed by atoms with Crippen LogP contribution < -0.4 is 0 Å². The van der Waals surface area contributed by atoms with Crippen LogP contribution in [0.5, 0.6) is 0 Å². The molecule has 0 bridgehead atoms. The summed E-state index contributed by atoms with van der Waals surface area (Å²) in [5, 5.41) is 0. The molecule has 1 heteroatoms. The normalized spacial score (nSPS) is 9.00. The smallest absolute Gasteiger partial charge is 0 e. The Kier molecular flexibility index (Phi) is 27.3. The average molecular weight is 201 g/mol. The quantitative estimate of drug-likeness (QED) is 0.461. The highest BCUT2D eigenvalue weighted by atomic mass is 14.0. The summed E-state index contributed by atoms with van der Waals surface area (Å²) in [7, 11) is 0. The molecule has 0 aromatic carbocycles. The molecule has 0 aromatic heterocycles. The molecular formula is C13H34B. The third-order valence-electron chi connectivity index (χ3n) is 0. The molecule has 0 aromatic rings. The minimum Gasteiger partial charge on any atom is -0.0776 e. The Bertz CT molecular complexity index is 48.2. The van der Waals surface area contributed by atoms with Gasteiger partial charge in [-0.2, -0.15) is 0 Å². The van der Waals surface area contributed by atoms with Gasteiger partial charge in [-0.15, -0.1) is 0 Å². The van der Waals surface area contributed by atoms with Gasteiger partial charge in [-0.1, -0.05) is 76.7 Å². The van der Waals surface area contributed by atoms with Gasteiger partial charge in [-0.25, -0.2) is 0 Å². The standard InChI is InChI=1S/2C5H12.C2H6.CH4.B/c2*1-5(2,3)4;1-2;;/h2*1-4H3;1-2H3;1H4;. The second-order valence-corrected chi connectivity index (χ2v) is 6.00. The molecule has 0 N–H and O–H groups in total. The van der Waals surface area contributed by atoms with Crippen molar-refractivity contribution in [3.8, 4) is 0 Å². The number of hydrogen-bond acceptors (Lipinski definition) is 0. The molecule has 0 saturated carbocycles. The Balaban J connectivity index is -0.0000000292. The van der Waals surface area contributed by atoms with Gasteiger partial charge >= 0.3 is 0 Å². The van der Waals surface area contributed by atoms with Gasteiger partial charge in [-0.3, -0.25) is 0 Å². The third kappa shape index (κ3) is 350000. The van der Waals surface area contributed by atoms with E-state index in [2.05, 4.69) is 55.4 Å². The first-order chi connectivity index (χ1) is 5.00. The van der Waals surface area contributed by atoms with Crippen LogP contribution in [0.25, 0.3) is 0 Å². The molecule has 0 fully saturated rings. The van der Waals surface area contributed by atoms with Gasteiger partial charge in [0.15, 0.2) is 0 Å². The summed E-state index contributed by atoms with van der Waals surface area (Å²) in [5.74, 6) is 0. The van der Waals surface area contributed by atoms with Crippen molar-refractivity contribution >= 4 is 8.41 Å². The lowest BCUT2D eigenvalue weighted by Gasteiger charge is -2.05. The van der Waals surface area contributed by atoms with Crippen LogP contribution in [0.4, 0.5) is 0 Å². The lowest BCUT2D eigenvalue weighted by Crippen LogP contribution is -1.93. The summed E-state index contributed by atoms with van der Waals surface area (Å²) in [6.45, 7) is 21.5. The fraction of sp³-hybridized carbons (Fsp3) is 1.00. The van der Waals surface area contributed by atoms with E-state index >= 15 is 0 Å². The Hall–Kier alpha value is 0.0649. The van der Waals surface area contributed by atoms with Crippen LogP contribution >= 0.6 is 0 Å². The van der Waals surface area contributed by atoms with E-state index in [1.165, 1.54) is 0 Å². The van der Waals surface area contributed by atoms with E-state index in [9.17, 15) is 0 Å². The van der Waals surface area contributed by atoms with E-state index in [-0.39, 0.29) is 15.8 Å². The second kappa shape index (κ2) is 13.1. The van der Waals surface area contributed by atoms with E-state index < -0.39 is 0 Å². The van der Waals surface area contributed by atoms with Crippen LogP contribution in [-0.4, -0.2) is 8.41 Å². The first-order valence-corrected chi connectivity index (χ1v) is 5.00. The van der Waals surface area contributed by atoms with Gasteiger partial charge in [0, 0.05) is 8.41 Å². The Morgan fingerprint density at radius 2 is 0.500 bits per heavy atom. The molecule has 0 aliphatic rings. The molecule has 0 aliphatic carbocycles. The summed E-state index contributed by atoms with van der Waals surface area (Å²) in [6, 6.07) is 0. The first-order valence-electron chi connectivity index (χ1n) is 5.00. The lowest BCUT2D eigenvalue weighted by molar-refractivity contribution is 0.469. The van der Waals surface area contributed by atoms with Crippen molar-refractivity contribution in [3.05, 3.63) is 0 Å². The van der Waals surface area contributed by atoms with Crippen molar-refractivity contribution in [2.24, 2.45) is 10.8 Å². The third-order valence-corrected chi connectivity index (χ3v) is 0. The van der Waals surface area contributed by atoms with Gasteiger partial charge < -0.3 is 0 Å². The Labute approximate surface area is 96.5 Å². The van der Waals surface area contributed by atoms with Crippen molar-refractivity contribution in [2.75, 3.05) is 0 Å². The van der Waals surface area contributed by atoms with Crippen molar-refractivity contribution in [3.63, 3.8) is 0 Å². The molecule has 0 heterocycles. The van der Waals surface area contributed by atoms with Crippen LogP contribution in [0.3, 0.4) is 0 Å². The van der Waals surface area contributed by atoms with Gasteiger partial charge in [-0.05, 0) is 10.8 Å². The number of hydrogen-bond donors (Lipinski definition) is 0. The molecular weight excluding hydrogens is 167 g/mol. The maximum atomic E-state index is 2.19. The van der Waals surface area contributed by atoms with Gasteiger partial charge in [0.2, 0.25) is 0 Å². The fourth-order valence-corrected chi connectivity index (χ4v) is 0. The van der Waals surface area contributed by atoms with Crippen molar-refractivity contribution in [2.45, 2.75) is 76.7 Å². The van der Waals surface area contributed by atoms with Crippen LogP contribution in [0.1, 0.15) is 76.7 Å². The summed E-state index contributed by atoms with van der Waals surface area (Å²) < 4.78 is 0. The maximum Gasteiger partial charge on any atom is 0 e. The number of rotatable bonds is 0. The van der Waals surface area contributed by atoms with Crippen LogP contribution in [0.2, 0.25) is 0 Å². The molecule has 14 heavy (non-hydrogen) atoms. The van der Waals surface area contributed by atoms with E-state index in [4.69, 9.17) is 0 Å². The molecule has 0 saturated heterocycles. The van der Waals surface area contributed by atoms with E-state index in [1.807, 2.05) is 13.8 Å². The highest BCUT2D eigenvalue weighted by Gasteiger charge is 1.96. The minimum absolute atomic E-state index is 0. The second-order valence-electron chi connectivity index (χ2n) is 6.00. The molecule has 3 radical (unpaired) electrons. The van der Waals surface area contributed by atoms with Gasteiger partial charge in [0.25, 0.3) is 0 Å². The first kappa shape index (κ1) is 29.2. The predicted molar refractivity (Wildman–Crippen MR) is 74.1 cm³/mol. The average Bonchev–Trinajstić information content (AvgIpc) is 1.59. The molecule has 89 valence electrons. The summed E-state index contributed by atoms with van der Waals surface area (Å²) >= 11 is 0. The van der Waals surface area contributed by atoms with Crippen LogP contribution in [0, 0.1) is 10.8 Å². The van der Waals surface area contributed by atoms with Gasteiger partial charge in [0.05, 0.1) is 0 Å². The fourth-order valence-electron chi connectivity index (χ4n) is 0. The maximum absolute atomic E-state index is 2.19. The largest absolute Gasteiger partial charge is 0.0776 e. The zero-order valence-corrected chi connectivity index (χ0v) is 11.6. The van der Waals surface area contributed by atoms with Crippen LogP contribution in [-0.2, 0) is 0 Å². The molecule has 0 amide bonds. The zero-order valence-electron chi connectivity index (χ0n) is 11.6. The summed E-state index contributed by atoms with van der Waals surface area (Å²) in [6.07, 6.45) is 0. The predicted octanol–water partition coefficient (Wildman–Crippen LogP) is 5.39. The molecule has 0 unspecified atom stereocenters. The van der Waals surface area contributed by atoms with Gasteiger partial charge in [0.1, 0.15) is 0 Å². The summed E-state index contributed by atoms with van der Waals surface area (Å²) in [4.78, 5) is 0. The molecule has 0 rings (SSSR count). The Morgan fingerprint density at radius 3 is 0.500 bits per heavy atom. The van der Waals surface area contributed by atoms with Crippen molar-refractivity contribution in [1.29, 1.82) is 0 Å². The zero-order chi connectivity index (χ0) is 11.0. The highest BCUT2D eigenvalue weighted by Crippen LogP contribution is 2.08. The molecule has 0 nitrogen and oxygen atoms in total. The van der Waals surface area contributed by atoms with E-state index in [0.29, 0.717) is 10.8 Å². The van der Waals surface area contributed by atoms with E-state index in [1.54, 1.807) is 0 Å². The summed E-state index contributed by atoms with van der Waals surface area (Å²) in [5.41, 5.74) is 1.00. The minimum atomic E-state index is 0. The monoisotopic (exact) mass is 201 g/mol. The van der Waals surface area contributed by atoms with Crippen LogP contribution in [0.15, 0.2) is 0 Å². The SMILES string of the molecule is C.CC.CC(C)(C)C.CC(C)(C)C.[B]. The highest BCUT2D eigenvalue weighted by molar-refractivity contribution is 5.75. The topological polar surface area (TPSA) is 0 Å². The molecule has 0 spiro atoms. The molecule has 0 aliphatic heterocycles. The van der Waals surface area contributed by atoms with E-state index in [0.717, 1.165) is 0 Å². The lowest BCUT2D eigenvalue weighted by atomic mass is 10.0. The Morgan fingerprint density at radius 1 is 0.500 bits per heavy atom. The molecule has 0 atom stereocenters.